The number of nitrogens with zero attached hydrogens (tertiary/aromatic N) is 3. The van der Waals surface area contributed by atoms with Gasteiger partial charge in [-0.15, -0.1) is 5.92 Å². The number of carbonyl (C=O) groups is 1. The van der Waals surface area contributed by atoms with Crippen LogP contribution in [0.1, 0.15) is 62.7 Å². The van der Waals surface area contributed by atoms with Crippen molar-refractivity contribution >= 4 is 28.7 Å². The van der Waals surface area contributed by atoms with Crippen molar-refractivity contribution in [1.82, 2.24) is 0 Å². The first-order valence-electron chi connectivity index (χ1n) is 11.2. The SMILES string of the molecule is CCCCCCCC#C[C@H](C)N(c1ccc(C(=O)OC)cc1)c1cc([N+](=O)[O-])cc([N+](=O)[O-])c1. The van der Waals surface area contributed by atoms with E-state index in [0.717, 1.165) is 25.3 Å². The van der Waals surface area contributed by atoms with E-state index in [9.17, 15) is 25.0 Å². The molecule has 9 heteroatoms. The first-order chi connectivity index (χ1) is 16.3. The van der Waals surface area contributed by atoms with Crippen LogP contribution < -0.4 is 4.90 Å². The Morgan fingerprint density at radius 3 is 2.09 bits per heavy atom. The number of hydrogen-bond acceptors (Lipinski definition) is 7. The van der Waals surface area contributed by atoms with Crippen LogP contribution in [-0.2, 0) is 4.74 Å². The number of nitro groups is 2. The first kappa shape index (κ1) is 26.3. The molecular weight excluding hydrogens is 438 g/mol. The molecule has 34 heavy (non-hydrogen) atoms. The normalized spacial score (nSPS) is 11.1. The summed E-state index contributed by atoms with van der Waals surface area (Å²) in [6.45, 7) is 3.98. The zero-order valence-corrected chi connectivity index (χ0v) is 19.7. The molecule has 0 unspecified atom stereocenters. The van der Waals surface area contributed by atoms with Gasteiger partial charge in [0.2, 0.25) is 0 Å². The summed E-state index contributed by atoms with van der Waals surface area (Å²) in [4.78, 5) is 35.0. The minimum absolute atomic E-state index is 0.261. The van der Waals surface area contributed by atoms with Crippen molar-refractivity contribution in [1.29, 1.82) is 0 Å². The smallest absolute Gasteiger partial charge is 0.337 e. The molecule has 0 aliphatic rings. The number of non-ortho nitro benzene ring substituents is 2. The fourth-order valence-corrected chi connectivity index (χ4v) is 3.50. The molecule has 0 spiro atoms. The molecule has 0 aliphatic heterocycles. The lowest BCUT2D eigenvalue weighted by atomic mass is 10.1. The van der Waals surface area contributed by atoms with Crippen molar-refractivity contribution < 1.29 is 19.4 Å². The summed E-state index contributed by atoms with van der Waals surface area (Å²) in [6.07, 6.45) is 6.34. The Hall–Kier alpha value is -3.93. The average molecular weight is 468 g/mol. The fourth-order valence-electron chi connectivity index (χ4n) is 3.50. The Labute approximate surface area is 199 Å². The molecule has 0 fully saturated rings. The summed E-state index contributed by atoms with van der Waals surface area (Å²) in [5.41, 5.74) is 0.388. The third kappa shape index (κ3) is 7.30. The van der Waals surface area contributed by atoms with E-state index >= 15 is 0 Å². The van der Waals surface area contributed by atoms with Gasteiger partial charge in [0, 0.05) is 24.2 Å². The highest BCUT2D eigenvalue weighted by atomic mass is 16.6. The largest absolute Gasteiger partial charge is 0.465 e. The predicted molar refractivity (Wildman–Crippen MR) is 130 cm³/mol. The van der Waals surface area contributed by atoms with Crippen molar-refractivity contribution in [2.75, 3.05) is 12.0 Å². The highest BCUT2D eigenvalue weighted by molar-refractivity contribution is 5.90. The number of ether oxygens (including phenoxy) is 1. The summed E-state index contributed by atoms with van der Waals surface area (Å²) in [5.74, 6) is 5.82. The molecule has 0 radical (unpaired) electrons. The number of nitro benzene ring substituents is 2. The molecule has 2 aromatic rings. The molecule has 0 aromatic heterocycles. The van der Waals surface area contributed by atoms with Gasteiger partial charge in [0.1, 0.15) is 0 Å². The van der Waals surface area contributed by atoms with Crippen LogP contribution in [0.15, 0.2) is 42.5 Å². The Morgan fingerprint density at radius 1 is 0.971 bits per heavy atom. The minimum atomic E-state index is -0.665. The maximum Gasteiger partial charge on any atom is 0.337 e. The number of methoxy groups -OCH3 is 1. The molecule has 0 amide bonds. The monoisotopic (exact) mass is 467 g/mol. The minimum Gasteiger partial charge on any atom is -0.465 e. The second kappa shape index (κ2) is 12.9. The second-order valence-corrected chi connectivity index (χ2v) is 7.79. The molecule has 2 rings (SSSR count). The lowest BCUT2D eigenvalue weighted by molar-refractivity contribution is -0.394. The summed E-state index contributed by atoms with van der Waals surface area (Å²) in [6, 6.07) is 9.48. The molecule has 180 valence electrons. The van der Waals surface area contributed by atoms with E-state index in [4.69, 9.17) is 4.74 Å². The topological polar surface area (TPSA) is 116 Å². The first-order valence-corrected chi connectivity index (χ1v) is 11.2. The van der Waals surface area contributed by atoms with Crippen molar-refractivity contribution in [3.63, 3.8) is 0 Å². The maximum atomic E-state index is 11.8. The maximum absolute atomic E-state index is 11.8. The highest BCUT2D eigenvalue weighted by Crippen LogP contribution is 2.34. The molecule has 0 heterocycles. The third-order valence-electron chi connectivity index (χ3n) is 5.26. The molecule has 0 N–H and O–H groups in total. The zero-order chi connectivity index (χ0) is 25.1. The molecule has 2 aromatic carbocycles. The van der Waals surface area contributed by atoms with E-state index < -0.39 is 33.2 Å². The summed E-state index contributed by atoms with van der Waals surface area (Å²) in [5, 5.41) is 22.8. The molecule has 1 atom stereocenters. The predicted octanol–water partition coefficient (Wildman–Crippen LogP) is 6.18. The molecule has 0 saturated carbocycles. The number of hydrogen-bond donors (Lipinski definition) is 0. The molecular formula is C25H29N3O6. The van der Waals surface area contributed by atoms with Crippen LogP contribution >= 0.6 is 0 Å². The Morgan fingerprint density at radius 2 is 1.56 bits per heavy atom. The van der Waals surface area contributed by atoms with Gasteiger partial charge in [0.15, 0.2) is 0 Å². The van der Waals surface area contributed by atoms with Crippen LogP contribution in [0, 0.1) is 32.1 Å². The van der Waals surface area contributed by atoms with Gasteiger partial charge >= 0.3 is 5.97 Å². The van der Waals surface area contributed by atoms with Gasteiger partial charge in [-0.2, -0.15) is 0 Å². The molecule has 0 saturated heterocycles. The lowest BCUT2D eigenvalue weighted by Gasteiger charge is -2.28. The van der Waals surface area contributed by atoms with E-state index in [1.807, 2.05) is 6.92 Å². The van der Waals surface area contributed by atoms with E-state index in [0.29, 0.717) is 11.3 Å². The van der Waals surface area contributed by atoms with E-state index in [1.165, 1.54) is 38.5 Å². The van der Waals surface area contributed by atoms with Crippen LogP contribution in [0.4, 0.5) is 22.7 Å². The fraction of sp³-hybridized carbons (Fsp3) is 0.400. The highest BCUT2D eigenvalue weighted by Gasteiger charge is 2.23. The summed E-state index contributed by atoms with van der Waals surface area (Å²) in [7, 11) is 1.28. The molecule has 0 bridgehead atoms. The molecule has 0 aliphatic carbocycles. The van der Waals surface area contributed by atoms with Gasteiger partial charge in [0.25, 0.3) is 11.4 Å². The quantitative estimate of drug-likeness (QED) is 0.127. The third-order valence-corrected chi connectivity index (χ3v) is 5.26. The van der Waals surface area contributed by atoms with Crippen LogP contribution in [-0.4, -0.2) is 29.0 Å². The number of benzene rings is 2. The number of esters is 1. The summed E-state index contributed by atoms with van der Waals surface area (Å²) >= 11 is 0. The van der Waals surface area contributed by atoms with E-state index in [1.54, 1.807) is 29.2 Å². The number of carbonyl (C=O) groups excluding carboxylic acids is 1. The van der Waals surface area contributed by atoms with Gasteiger partial charge in [-0.3, -0.25) is 20.2 Å². The number of anilines is 2. The van der Waals surface area contributed by atoms with Gasteiger partial charge < -0.3 is 9.64 Å². The second-order valence-electron chi connectivity index (χ2n) is 7.79. The standard InChI is InChI=1S/C25H29N3O6/c1-4-5-6-7-8-9-10-11-19(2)26(21-14-12-20(13-15-21)25(29)34-3)22-16-23(27(30)31)18-24(17-22)28(32)33/h12-19H,4-9H2,1-3H3/t19-/m0/s1. The van der Waals surface area contributed by atoms with Crippen LogP contribution in [0.2, 0.25) is 0 Å². The Balaban J connectivity index is 2.43. The average Bonchev–Trinajstić information content (AvgIpc) is 2.83. The summed E-state index contributed by atoms with van der Waals surface area (Å²) < 4.78 is 4.73. The molecule has 9 nitrogen and oxygen atoms in total. The Bertz CT molecular complexity index is 1040. The van der Waals surface area contributed by atoms with Crippen LogP contribution in [0.25, 0.3) is 0 Å². The number of unbranched alkanes of at least 4 members (excludes halogenated alkanes) is 5. The van der Waals surface area contributed by atoms with E-state index in [2.05, 4.69) is 18.8 Å². The van der Waals surface area contributed by atoms with Crippen LogP contribution in [0.5, 0.6) is 0 Å². The van der Waals surface area contributed by atoms with Gasteiger partial charge in [-0.1, -0.05) is 38.5 Å². The van der Waals surface area contributed by atoms with Gasteiger partial charge in [-0.25, -0.2) is 4.79 Å². The van der Waals surface area contributed by atoms with Crippen molar-refractivity contribution in [3.8, 4) is 11.8 Å². The Kier molecular flexibility index (Phi) is 10.0. The van der Waals surface area contributed by atoms with Gasteiger partial charge in [0.05, 0.1) is 40.3 Å². The van der Waals surface area contributed by atoms with Gasteiger partial charge in [-0.05, 0) is 37.6 Å². The van der Waals surface area contributed by atoms with Crippen molar-refractivity contribution in [2.45, 2.75) is 58.4 Å². The van der Waals surface area contributed by atoms with Crippen molar-refractivity contribution in [3.05, 3.63) is 68.3 Å². The lowest BCUT2D eigenvalue weighted by Crippen LogP contribution is -2.27. The number of rotatable bonds is 11. The zero-order valence-electron chi connectivity index (χ0n) is 19.7. The van der Waals surface area contributed by atoms with E-state index in [-0.39, 0.29) is 5.69 Å². The van der Waals surface area contributed by atoms with Crippen molar-refractivity contribution in [2.24, 2.45) is 0 Å². The van der Waals surface area contributed by atoms with Crippen LogP contribution in [0.3, 0.4) is 0 Å².